The first-order valence-electron chi connectivity index (χ1n) is 7.74. The van der Waals surface area contributed by atoms with Crippen LogP contribution in [0, 0.1) is 40.5 Å². The van der Waals surface area contributed by atoms with Gasteiger partial charge in [0.15, 0.2) is 0 Å². The van der Waals surface area contributed by atoms with Crippen molar-refractivity contribution in [1.29, 1.82) is 0 Å². The molecule has 0 aromatic heterocycles. The molecule has 0 bridgehead atoms. The van der Waals surface area contributed by atoms with Crippen molar-refractivity contribution in [3.8, 4) is 0 Å². The van der Waals surface area contributed by atoms with E-state index in [-0.39, 0.29) is 0 Å². The van der Waals surface area contributed by atoms with E-state index in [1.165, 1.54) is 0 Å². The van der Waals surface area contributed by atoms with E-state index in [1.54, 1.807) is 0 Å². The first kappa shape index (κ1) is 21.6. The van der Waals surface area contributed by atoms with Crippen LogP contribution in [0.5, 0.6) is 0 Å². The Bertz CT molecular complexity index is 907. The molecule has 0 aliphatic heterocycles. The summed E-state index contributed by atoms with van der Waals surface area (Å²) in [5.74, 6) is 0. The number of hydrogen-bond acceptors (Lipinski definition) is 11. The molecule has 2 rings (SSSR count). The summed E-state index contributed by atoms with van der Waals surface area (Å²) in [7, 11) is 0. The average Bonchev–Trinajstić information content (AvgIpc) is 2.69. The highest BCUT2D eigenvalue weighted by Gasteiger charge is 2.28. The topological polar surface area (TPSA) is 208 Å². The molecule has 0 aliphatic carbocycles. The average molecular weight is 422 g/mol. The van der Waals surface area contributed by atoms with Crippen molar-refractivity contribution in [2.24, 2.45) is 0 Å². The Morgan fingerprint density at radius 3 is 1.13 bits per heavy atom. The van der Waals surface area contributed by atoms with Gasteiger partial charge in [0.2, 0.25) is 0 Å². The van der Waals surface area contributed by atoms with Gasteiger partial charge in [-0.05, 0) is 12.1 Å². The van der Waals surface area contributed by atoms with Crippen molar-refractivity contribution in [1.82, 2.24) is 0 Å². The van der Waals surface area contributed by atoms with E-state index in [9.17, 15) is 45.3 Å². The minimum absolute atomic E-state index is 0.513. The smallest absolute Gasteiger partial charge is 0.429 e. The van der Waals surface area contributed by atoms with Crippen LogP contribution in [0.2, 0.25) is 0 Å². The lowest BCUT2D eigenvalue weighted by molar-refractivity contribution is -0.396. The molecule has 0 heterocycles. The molecule has 0 aliphatic rings. The molecule has 0 radical (unpaired) electrons. The van der Waals surface area contributed by atoms with E-state index in [1.807, 2.05) is 0 Å². The van der Waals surface area contributed by atoms with Crippen LogP contribution in [0.25, 0.3) is 0 Å². The number of nitro benzene ring substituents is 4. The lowest BCUT2D eigenvalue weighted by Gasteiger charge is -2.08. The summed E-state index contributed by atoms with van der Waals surface area (Å²) in [6, 6.07) is 6.01. The van der Waals surface area contributed by atoms with E-state index in [4.69, 9.17) is 0 Å². The van der Waals surface area contributed by atoms with Gasteiger partial charge in [0.25, 0.3) is 22.7 Å². The summed E-state index contributed by atoms with van der Waals surface area (Å²) in [5, 5.41) is 44.2. The minimum Gasteiger partial charge on any atom is -0.429 e. The van der Waals surface area contributed by atoms with E-state index in [2.05, 4.69) is 9.47 Å². The molecule has 2 aromatic rings. The summed E-state index contributed by atoms with van der Waals surface area (Å²) in [6.45, 7) is -1.82. The monoisotopic (exact) mass is 422 g/mol. The van der Waals surface area contributed by atoms with Gasteiger partial charge in [0, 0.05) is 24.3 Å². The van der Waals surface area contributed by atoms with Crippen LogP contribution in [0.3, 0.4) is 0 Å². The summed E-state index contributed by atoms with van der Waals surface area (Å²) in [4.78, 5) is 52.3. The molecule has 156 valence electrons. The molecule has 0 N–H and O–H groups in total. The van der Waals surface area contributed by atoms with E-state index in [0.29, 0.717) is 0 Å². The van der Waals surface area contributed by atoms with Gasteiger partial charge in [-0.15, -0.1) is 0 Å². The number of carbonyl (C=O) groups excluding carboxylic acids is 1. The number of hydrogen-bond donors (Lipinski definition) is 0. The zero-order valence-electron chi connectivity index (χ0n) is 14.7. The van der Waals surface area contributed by atoms with Crippen LogP contribution in [0.15, 0.2) is 36.4 Å². The van der Waals surface area contributed by atoms with Crippen LogP contribution >= 0.6 is 0 Å². The van der Waals surface area contributed by atoms with Gasteiger partial charge in [-0.2, -0.15) is 0 Å². The number of carbonyl (C=O) groups is 1. The molecule has 0 amide bonds. The van der Waals surface area contributed by atoms with Gasteiger partial charge in [-0.1, -0.05) is 0 Å². The number of ether oxygens (including phenoxy) is 2. The Morgan fingerprint density at radius 1 is 0.633 bits per heavy atom. The van der Waals surface area contributed by atoms with Crippen LogP contribution in [-0.4, -0.2) is 25.8 Å². The van der Waals surface area contributed by atoms with Gasteiger partial charge in [-0.3, -0.25) is 40.5 Å². The fourth-order valence-corrected chi connectivity index (χ4v) is 2.41. The fraction of sp³-hybridized carbons (Fsp3) is 0.133. The SMILES string of the molecule is O=C(OCc1c([N+](=O)[O-])cccc1[N+](=O)[O-])OCc1c([N+](=O)[O-])cccc1[N+](=O)[O-]. The summed E-state index contributed by atoms with van der Waals surface area (Å²) in [6.07, 6.45) is -1.50. The van der Waals surface area contributed by atoms with E-state index < -0.39 is 72.9 Å². The third-order valence-corrected chi connectivity index (χ3v) is 3.71. The Labute approximate surface area is 165 Å². The third-order valence-electron chi connectivity index (χ3n) is 3.71. The van der Waals surface area contributed by atoms with Gasteiger partial charge < -0.3 is 9.47 Å². The lowest BCUT2D eigenvalue weighted by Crippen LogP contribution is -2.11. The number of nitrogens with zero attached hydrogens (tertiary/aromatic N) is 4. The van der Waals surface area contributed by atoms with Crippen LogP contribution in [-0.2, 0) is 22.7 Å². The van der Waals surface area contributed by atoms with Crippen molar-refractivity contribution in [3.05, 3.63) is 88.0 Å². The standard InChI is InChI=1S/C15H10N4O11/c20-15(29-7-9-11(16(21)22)3-1-4-12(9)17(23)24)30-8-10-13(18(25)26)5-2-6-14(10)19(27)28/h1-6H,7-8H2. The molecule has 15 heteroatoms. The van der Waals surface area contributed by atoms with Gasteiger partial charge >= 0.3 is 6.16 Å². The first-order chi connectivity index (χ1) is 14.1. The zero-order valence-corrected chi connectivity index (χ0v) is 14.7. The van der Waals surface area contributed by atoms with Crippen molar-refractivity contribution < 1.29 is 34.0 Å². The molecule has 15 nitrogen and oxygen atoms in total. The van der Waals surface area contributed by atoms with Gasteiger partial charge in [0.05, 0.1) is 19.7 Å². The van der Waals surface area contributed by atoms with E-state index in [0.717, 1.165) is 36.4 Å². The molecule has 30 heavy (non-hydrogen) atoms. The molecular weight excluding hydrogens is 412 g/mol. The number of rotatable bonds is 8. The summed E-state index contributed by atoms with van der Waals surface area (Å²) in [5.41, 5.74) is -3.72. The quantitative estimate of drug-likeness (QED) is 0.342. The normalized spacial score (nSPS) is 10.1. The van der Waals surface area contributed by atoms with Gasteiger partial charge in [0.1, 0.15) is 24.3 Å². The highest BCUT2D eigenvalue weighted by Crippen LogP contribution is 2.30. The van der Waals surface area contributed by atoms with Crippen molar-refractivity contribution >= 4 is 28.9 Å². The molecule has 0 saturated carbocycles. The molecular formula is C15H10N4O11. The number of benzene rings is 2. The van der Waals surface area contributed by atoms with E-state index >= 15 is 0 Å². The Morgan fingerprint density at radius 2 is 0.900 bits per heavy atom. The van der Waals surface area contributed by atoms with Gasteiger partial charge in [-0.25, -0.2) is 4.79 Å². The molecule has 0 spiro atoms. The third kappa shape index (κ3) is 4.77. The van der Waals surface area contributed by atoms with Crippen molar-refractivity contribution in [2.75, 3.05) is 0 Å². The van der Waals surface area contributed by atoms with Crippen molar-refractivity contribution in [3.63, 3.8) is 0 Å². The second kappa shape index (κ2) is 9.00. The van der Waals surface area contributed by atoms with Crippen LogP contribution in [0.4, 0.5) is 27.5 Å². The molecule has 0 atom stereocenters. The second-order valence-corrected chi connectivity index (χ2v) is 5.41. The van der Waals surface area contributed by atoms with Crippen LogP contribution in [0.1, 0.15) is 11.1 Å². The predicted octanol–water partition coefficient (Wildman–Crippen LogP) is 3.17. The fourth-order valence-electron chi connectivity index (χ4n) is 2.41. The second-order valence-electron chi connectivity index (χ2n) is 5.41. The number of nitro groups is 4. The predicted molar refractivity (Wildman–Crippen MR) is 94.5 cm³/mol. The summed E-state index contributed by atoms with van der Waals surface area (Å²) < 4.78 is 9.24. The maximum Gasteiger partial charge on any atom is 0.508 e. The highest BCUT2D eigenvalue weighted by atomic mass is 16.7. The molecule has 0 fully saturated rings. The lowest BCUT2D eigenvalue weighted by atomic mass is 10.1. The Kier molecular flexibility index (Phi) is 6.48. The zero-order chi connectivity index (χ0) is 22.4. The Balaban J connectivity index is 2.18. The minimum atomic E-state index is -1.50. The first-order valence-corrected chi connectivity index (χ1v) is 7.74. The van der Waals surface area contributed by atoms with Crippen LogP contribution < -0.4 is 0 Å². The highest BCUT2D eigenvalue weighted by molar-refractivity contribution is 5.62. The molecule has 0 unspecified atom stereocenters. The Hall–Kier alpha value is -4.69. The largest absolute Gasteiger partial charge is 0.508 e. The molecule has 2 aromatic carbocycles. The maximum atomic E-state index is 11.8. The van der Waals surface area contributed by atoms with Crippen molar-refractivity contribution in [2.45, 2.75) is 13.2 Å². The summed E-state index contributed by atoms with van der Waals surface area (Å²) >= 11 is 0. The molecule has 0 saturated heterocycles. The maximum absolute atomic E-state index is 11.8.